The van der Waals surface area contributed by atoms with Crippen LogP contribution in [0.1, 0.15) is 10.4 Å². The minimum absolute atomic E-state index is 0.0894. The monoisotopic (exact) mass is 414 g/mol. The normalized spacial score (nSPS) is 10.6. The summed E-state index contributed by atoms with van der Waals surface area (Å²) in [6.07, 6.45) is 0. The van der Waals surface area contributed by atoms with Gasteiger partial charge in [-0.05, 0) is 30.3 Å². The van der Waals surface area contributed by atoms with E-state index < -0.39 is 11.7 Å². The van der Waals surface area contributed by atoms with Crippen molar-refractivity contribution >= 4 is 40.9 Å². The Morgan fingerprint density at radius 3 is 2.59 bits per heavy atom. The predicted molar refractivity (Wildman–Crippen MR) is 102 cm³/mol. The third-order valence-corrected chi connectivity index (χ3v) is 4.66. The molecule has 0 radical (unpaired) electrons. The fourth-order valence-electron chi connectivity index (χ4n) is 2.01. The highest BCUT2D eigenvalue weighted by molar-refractivity contribution is 7.99. The minimum Gasteiger partial charge on any atom is -0.484 e. The van der Waals surface area contributed by atoms with Gasteiger partial charge in [0.15, 0.2) is 6.61 Å². The number of alkyl halides is 2. The van der Waals surface area contributed by atoms with Crippen LogP contribution in [0.2, 0.25) is 5.02 Å². The summed E-state index contributed by atoms with van der Waals surface area (Å²) >= 11 is 6.22. The van der Waals surface area contributed by atoms with Gasteiger partial charge in [-0.25, -0.2) is 0 Å². The Labute approximate surface area is 164 Å². The van der Waals surface area contributed by atoms with E-state index >= 15 is 0 Å². The zero-order valence-corrected chi connectivity index (χ0v) is 16.1. The second kappa shape index (κ2) is 9.57. The molecule has 2 aromatic rings. The highest BCUT2D eigenvalue weighted by Gasteiger charge is 2.16. The lowest BCUT2D eigenvalue weighted by atomic mass is 10.2. The first-order valence-electron chi connectivity index (χ1n) is 7.75. The molecule has 0 bridgehead atoms. The lowest BCUT2D eigenvalue weighted by Gasteiger charge is -2.13. The Morgan fingerprint density at radius 1 is 1.22 bits per heavy atom. The van der Waals surface area contributed by atoms with Gasteiger partial charge in [-0.3, -0.25) is 9.59 Å². The van der Waals surface area contributed by atoms with Crippen LogP contribution < -0.4 is 10.1 Å². The van der Waals surface area contributed by atoms with E-state index in [9.17, 15) is 18.4 Å². The average Bonchev–Trinajstić information content (AvgIpc) is 2.62. The van der Waals surface area contributed by atoms with Gasteiger partial charge in [0, 0.05) is 19.7 Å². The van der Waals surface area contributed by atoms with Gasteiger partial charge in [-0.15, -0.1) is 0 Å². The van der Waals surface area contributed by atoms with Crippen LogP contribution in [0.3, 0.4) is 0 Å². The molecule has 0 saturated carbocycles. The number of amides is 2. The van der Waals surface area contributed by atoms with E-state index in [1.807, 2.05) is 0 Å². The molecule has 0 aromatic heterocycles. The Hall–Kier alpha value is -2.32. The number of hydrogen-bond donors (Lipinski definition) is 1. The molecule has 2 amide bonds. The lowest BCUT2D eigenvalue weighted by molar-refractivity contribution is -0.130. The first kappa shape index (κ1) is 21.0. The number of nitrogens with one attached hydrogen (secondary N) is 1. The molecular weight excluding hydrogens is 398 g/mol. The Balaban J connectivity index is 2.14. The molecule has 144 valence electrons. The smallest absolute Gasteiger partial charge is 0.289 e. The van der Waals surface area contributed by atoms with Gasteiger partial charge in [-0.2, -0.15) is 8.78 Å². The summed E-state index contributed by atoms with van der Waals surface area (Å²) in [5, 5.41) is 2.70. The van der Waals surface area contributed by atoms with E-state index in [0.29, 0.717) is 5.75 Å². The van der Waals surface area contributed by atoms with Crippen molar-refractivity contribution in [2.45, 2.75) is 10.7 Å². The molecule has 0 atom stereocenters. The molecule has 9 heteroatoms. The number of carbonyl (C=O) groups excluding carboxylic acids is 2. The summed E-state index contributed by atoms with van der Waals surface area (Å²) in [4.78, 5) is 25.5. The molecular formula is C18H17ClF2N2O3S. The van der Waals surface area contributed by atoms with Crippen molar-refractivity contribution in [1.82, 2.24) is 4.90 Å². The van der Waals surface area contributed by atoms with Crippen molar-refractivity contribution in [2.24, 2.45) is 0 Å². The highest BCUT2D eigenvalue weighted by atomic mass is 35.5. The van der Waals surface area contributed by atoms with Crippen molar-refractivity contribution in [2.75, 3.05) is 26.0 Å². The van der Waals surface area contributed by atoms with Crippen LogP contribution in [0, 0.1) is 0 Å². The van der Waals surface area contributed by atoms with Crippen molar-refractivity contribution in [3.63, 3.8) is 0 Å². The number of thioether (sulfide) groups is 1. The zero-order chi connectivity index (χ0) is 20.0. The van der Waals surface area contributed by atoms with Crippen molar-refractivity contribution in [3.05, 3.63) is 53.1 Å². The molecule has 5 nitrogen and oxygen atoms in total. The van der Waals surface area contributed by atoms with Gasteiger partial charge in [-0.1, -0.05) is 35.5 Å². The number of carbonyl (C=O) groups is 2. The van der Waals surface area contributed by atoms with Crippen molar-refractivity contribution in [3.8, 4) is 5.75 Å². The largest absolute Gasteiger partial charge is 0.484 e. The third-order valence-electron chi connectivity index (χ3n) is 3.38. The molecule has 0 spiro atoms. The molecule has 0 saturated heterocycles. The Morgan fingerprint density at radius 2 is 1.93 bits per heavy atom. The molecule has 0 fully saturated rings. The number of hydrogen-bond acceptors (Lipinski definition) is 4. The summed E-state index contributed by atoms with van der Waals surface area (Å²) in [7, 11) is 3.21. The van der Waals surface area contributed by atoms with E-state index in [-0.39, 0.29) is 45.4 Å². The van der Waals surface area contributed by atoms with Crippen LogP contribution in [-0.2, 0) is 4.79 Å². The molecule has 0 aliphatic carbocycles. The number of ether oxygens (including phenoxy) is 1. The van der Waals surface area contributed by atoms with Crippen LogP contribution in [0.15, 0.2) is 47.4 Å². The first-order valence-corrected chi connectivity index (χ1v) is 9.01. The summed E-state index contributed by atoms with van der Waals surface area (Å²) < 4.78 is 30.9. The van der Waals surface area contributed by atoms with Crippen molar-refractivity contribution in [1.29, 1.82) is 0 Å². The molecule has 0 aliphatic heterocycles. The van der Waals surface area contributed by atoms with Gasteiger partial charge < -0.3 is 15.0 Å². The van der Waals surface area contributed by atoms with Crippen LogP contribution in [0.4, 0.5) is 14.5 Å². The number of nitrogens with zero attached hydrogens (tertiary/aromatic N) is 1. The first-order chi connectivity index (χ1) is 12.8. The molecule has 0 unspecified atom stereocenters. The fraction of sp³-hybridized carbons (Fsp3) is 0.222. The zero-order valence-electron chi connectivity index (χ0n) is 14.5. The van der Waals surface area contributed by atoms with Crippen LogP contribution in [0.25, 0.3) is 0 Å². The summed E-state index contributed by atoms with van der Waals surface area (Å²) in [6.45, 7) is -0.165. The maximum atomic E-state index is 12.7. The number of benzene rings is 2. The minimum atomic E-state index is -2.67. The Kier molecular flexibility index (Phi) is 7.44. The number of halogens is 3. The Bertz CT molecular complexity index is 834. The second-order valence-corrected chi connectivity index (χ2v) is 6.96. The van der Waals surface area contributed by atoms with Crippen LogP contribution >= 0.6 is 23.4 Å². The van der Waals surface area contributed by atoms with E-state index in [2.05, 4.69) is 5.32 Å². The number of likely N-dealkylation sites (N-methyl/N-ethyl adjacent to an activating group) is 1. The average molecular weight is 415 g/mol. The third kappa shape index (κ3) is 6.11. The standard InChI is InChI=1S/C18H17ClF2N2O3S/c1-23(2)15(24)10-26-12-6-3-5-11(9-12)17(25)22-14-8-4-7-13(19)16(14)27-18(20)21/h3-9,18H,10H2,1-2H3,(H,22,25). The van der Waals surface area contributed by atoms with Gasteiger partial charge in [0.05, 0.1) is 15.6 Å². The van der Waals surface area contributed by atoms with Crippen LogP contribution in [0.5, 0.6) is 5.75 Å². The highest BCUT2D eigenvalue weighted by Crippen LogP contribution is 2.37. The fourth-order valence-corrected chi connectivity index (χ4v) is 2.92. The molecule has 0 heterocycles. The lowest BCUT2D eigenvalue weighted by Crippen LogP contribution is -2.27. The van der Waals surface area contributed by atoms with Gasteiger partial charge in [0.25, 0.3) is 17.6 Å². The quantitative estimate of drug-likeness (QED) is 0.683. The molecule has 2 rings (SSSR count). The maximum Gasteiger partial charge on any atom is 0.289 e. The van der Waals surface area contributed by atoms with Gasteiger partial charge in [0.2, 0.25) is 0 Å². The maximum absolute atomic E-state index is 12.7. The van der Waals surface area contributed by atoms with E-state index in [4.69, 9.17) is 16.3 Å². The van der Waals surface area contributed by atoms with E-state index in [1.165, 1.54) is 23.1 Å². The number of anilines is 1. The van der Waals surface area contributed by atoms with Crippen LogP contribution in [-0.4, -0.2) is 43.2 Å². The second-order valence-electron chi connectivity index (χ2n) is 5.55. The van der Waals surface area contributed by atoms with Crippen molar-refractivity contribution < 1.29 is 23.1 Å². The van der Waals surface area contributed by atoms with Gasteiger partial charge in [0.1, 0.15) is 5.75 Å². The summed E-state index contributed by atoms with van der Waals surface area (Å²) in [5.41, 5.74) is 0.435. The number of rotatable bonds is 7. The molecule has 1 N–H and O–H groups in total. The SMILES string of the molecule is CN(C)C(=O)COc1cccc(C(=O)Nc2cccc(Cl)c2SC(F)F)c1. The summed E-state index contributed by atoms with van der Waals surface area (Å²) in [6, 6.07) is 10.7. The van der Waals surface area contributed by atoms with Gasteiger partial charge >= 0.3 is 0 Å². The molecule has 27 heavy (non-hydrogen) atoms. The van der Waals surface area contributed by atoms with E-state index in [0.717, 1.165) is 0 Å². The summed E-state index contributed by atoms with van der Waals surface area (Å²) in [5.74, 6) is -3.08. The topological polar surface area (TPSA) is 58.6 Å². The van der Waals surface area contributed by atoms with E-state index in [1.54, 1.807) is 38.4 Å². The predicted octanol–water partition coefficient (Wildman–Crippen LogP) is 4.37. The molecule has 2 aromatic carbocycles. The molecule has 0 aliphatic rings.